The van der Waals surface area contributed by atoms with Gasteiger partial charge in [0, 0.05) is 50.9 Å². The van der Waals surface area contributed by atoms with Gasteiger partial charge >= 0.3 is 19.3 Å². The first-order valence-corrected chi connectivity index (χ1v) is 14.1. The maximum Gasteiger partial charge on any atom is 0.330 e. The summed E-state index contributed by atoms with van der Waals surface area (Å²) in [6.07, 6.45) is -3.50. The molecule has 2 amide bonds. The predicted molar refractivity (Wildman–Crippen MR) is 128 cm³/mol. The van der Waals surface area contributed by atoms with E-state index in [0.717, 1.165) is 9.47 Å². The molecular weight excluding hydrogens is 527 g/mol. The summed E-state index contributed by atoms with van der Waals surface area (Å²) in [5.74, 6) is 0. The van der Waals surface area contributed by atoms with E-state index in [0.29, 0.717) is 5.57 Å². The lowest BCUT2D eigenvalue weighted by Crippen LogP contribution is -2.60. The van der Waals surface area contributed by atoms with Crippen molar-refractivity contribution in [3.8, 4) is 0 Å². The quantitative estimate of drug-likeness (QED) is 0.310. The highest BCUT2D eigenvalue weighted by molar-refractivity contribution is 7.53. The molecule has 6 rings (SSSR count). The number of aliphatic hydroxyl groups excluding tert-OH is 2. The first-order chi connectivity index (χ1) is 17.8. The van der Waals surface area contributed by atoms with Crippen LogP contribution in [-0.4, -0.2) is 104 Å². The summed E-state index contributed by atoms with van der Waals surface area (Å²) >= 11 is 0. The van der Waals surface area contributed by atoms with Crippen LogP contribution in [0.4, 0.5) is 4.79 Å². The Morgan fingerprint density at radius 2 is 1.92 bits per heavy atom. The summed E-state index contributed by atoms with van der Waals surface area (Å²) in [4.78, 5) is 43.2. The molecule has 8 atom stereocenters. The van der Waals surface area contributed by atoms with Crippen molar-refractivity contribution in [3.63, 3.8) is 0 Å². The SMILES string of the molecule is CC1=CN2C(=O)N(C)[C@@]1(O)Cc1cn(c(=O)[nH]c1=O)[C@H]1C[C@H](O[P@@](C)(=O)OC[C@H]3O[C@@H]2C[C@@H]3O)[C@@H](CO)O1. The van der Waals surface area contributed by atoms with Crippen molar-refractivity contribution < 1.29 is 43.2 Å². The topological polar surface area (TPSA) is 193 Å². The van der Waals surface area contributed by atoms with Gasteiger partial charge in [-0.1, -0.05) is 0 Å². The van der Waals surface area contributed by atoms with Gasteiger partial charge in [0.05, 0.1) is 25.4 Å². The standard InChI is InChI=1S/C22H31N4O11P/c1-11-7-26-17-4-13(28)16(36-17)10-34-38(3,33)37-14-5-18(35-15(14)9-27)25-8-12(19(29)23-20(25)30)6-22(11,32)24(2)21(26)31/h7-8,13-18,27-28,32H,4-6,9-10H2,1-3H3,(H,23,29,30)/t13-,14-,15+,16+,17+,18+,22+,38-/m0/s1. The normalized spacial score (nSPS) is 39.7. The van der Waals surface area contributed by atoms with Gasteiger partial charge in [-0.3, -0.25) is 28.7 Å². The van der Waals surface area contributed by atoms with Crippen molar-refractivity contribution in [2.45, 2.75) is 68.8 Å². The zero-order chi connectivity index (χ0) is 27.6. The number of likely N-dealkylation sites (N-methyl/N-ethyl adjacent to an activating group) is 1. The van der Waals surface area contributed by atoms with Gasteiger partial charge in [0.1, 0.15) is 24.7 Å². The van der Waals surface area contributed by atoms with Crippen molar-refractivity contribution in [1.29, 1.82) is 0 Å². The average molecular weight is 558 g/mol. The number of hydrogen-bond acceptors (Lipinski definition) is 11. The number of nitrogens with zero attached hydrogens (tertiary/aromatic N) is 3. The smallest absolute Gasteiger partial charge is 0.330 e. The lowest BCUT2D eigenvalue weighted by molar-refractivity contribution is -0.0853. The third-order valence-electron chi connectivity index (χ3n) is 7.49. The van der Waals surface area contributed by atoms with E-state index in [1.165, 1.54) is 31.0 Å². The van der Waals surface area contributed by atoms with Crippen molar-refractivity contribution in [2.24, 2.45) is 0 Å². The first-order valence-electron chi connectivity index (χ1n) is 12.1. The second kappa shape index (κ2) is 9.68. The molecule has 6 heterocycles. The van der Waals surface area contributed by atoms with E-state index < -0.39 is 74.1 Å². The fourth-order valence-electron chi connectivity index (χ4n) is 5.23. The zero-order valence-corrected chi connectivity index (χ0v) is 21.9. The monoisotopic (exact) mass is 558 g/mol. The lowest BCUT2D eigenvalue weighted by Gasteiger charge is -2.45. The van der Waals surface area contributed by atoms with Gasteiger partial charge in [0.15, 0.2) is 5.72 Å². The van der Waals surface area contributed by atoms with E-state index in [-0.39, 0.29) is 31.4 Å². The van der Waals surface area contributed by atoms with Gasteiger partial charge in [-0.05, 0) is 12.5 Å². The summed E-state index contributed by atoms with van der Waals surface area (Å²) in [7, 11) is -2.40. The molecule has 16 heteroatoms. The van der Waals surface area contributed by atoms with Crippen LogP contribution >= 0.6 is 7.60 Å². The van der Waals surface area contributed by atoms with Crippen molar-refractivity contribution in [2.75, 3.05) is 26.9 Å². The second-order valence-electron chi connectivity index (χ2n) is 10.1. The van der Waals surface area contributed by atoms with Crippen LogP contribution in [0.3, 0.4) is 0 Å². The highest BCUT2D eigenvalue weighted by Crippen LogP contribution is 2.49. The van der Waals surface area contributed by atoms with Gasteiger partial charge in [-0.2, -0.15) is 0 Å². The molecule has 1 aromatic heterocycles. The van der Waals surface area contributed by atoms with Gasteiger partial charge in [-0.15, -0.1) is 0 Å². The fraction of sp³-hybridized carbons (Fsp3) is 0.682. The number of H-pyrrole nitrogens is 1. The third-order valence-corrected chi connectivity index (χ3v) is 8.76. The molecule has 8 bridgehead atoms. The van der Waals surface area contributed by atoms with Crippen LogP contribution in [0.2, 0.25) is 0 Å². The molecule has 0 saturated carbocycles. The first kappa shape index (κ1) is 27.2. The number of nitrogens with one attached hydrogen (secondary N) is 1. The maximum atomic E-state index is 13.3. The van der Waals surface area contributed by atoms with Crippen LogP contribution < -0.4 is 11.2 Å². The van der Waals surface area contributed by atoms with Crippen molar-refractivity contribution in [3.05, 3.63) is 44.4 Å². The number of aromatic nitrogens is 2. The Hall–Kier alpha value is -2.36. The van der Waals surface area contributed by atoms with E-state index >= 15 is 0 Å². The summed E-state index contributed by atoms with van der Waals surface area (Å²) in [5.41, 5.74) is -3.18. The number of carbonyl (C=O) groups is 1. The molecule has 2 fully saturated rings. The molecule has 15 nitrogen and oxygen atoms in total. The van der Waals surface area contributed by atoms with Crippen LogP contribution in [0, 0.1) is 0 Å². The number of hydrogen-bond donors (Lipinski definition) is 4. The molecule has 0 aliphatic carbocycles. The molecular formula is C22H31N4O11P. The van der Waals surface area contributed by atoms with Gasteiger partial charge < -0.3 is 33.8 Å². The second-order valence-corrected chi connectivity index (χ2v) is 12.1. The number of carbonyl (C=O) groups excluding carboxylic acids is 1. The minimum Gasteiger partial charge on any atom is -0.394 e. The van der Waals surface area contributed by atoms with E-state index in [4.69, 9.17) is 18.5 Å². The molecule has 5 aliphatic heterocycles. The molecule has 210 valence electrons. The Bertz CT molecular complexity index is 1310. The Morgan fingerprint density at radius 3 is 2.63 bits per heavy atom. The highest BCUT2D eigenvalue weighted by atomic mass is 31.2. The van der Waals surface area contributed by atoms with Crippen LogP contribution in [0.1, 0.15) is 31.6 Å². The number of amides is 2. The molecule has 5 aliphatic rings. The molecule has 2 saturated heterocycles. The minimum atomic E-state index is -3.76. The minimum absolute atomic E-state index is 0.0142. The zero-order valence-electron chi connectivity index (χ0n) is 21.1. The van der Waals surface area contributed by atoms with Gasteiger partial charge in [-0.25, -0.2) is 9.59 Å². The number of ether oxygens (including phenoxy) is 2. The number of fused-ring (bicyclic) bond motifs is 4. The molecule has 4 N–H and O–H groups in total. The number of rotatable bonds is 1. The predicted octanol–water partition coefficient (Wildman–Crippen LogP) is -0.967. The highest BCUT2D eigenvalue weighted by Gasteiger charge is 2.49. The number of aromatic amines is 1. The fourth-order valence-corrected chi connectivity index (χ4v) is 6.42. The Balaban J connectivity index is 1.60. The van der Waals surface area contributed by atoms with E-state index in [2.05, 4.69) is 4.98 Å². The van der Waals surface area contributed by atoms with E-state index in [1.54, 1.807) is 6.92 Å². The largest absolute Gasteiger partial charge is 0.394 e. The van der Waals surface area contributed by atoms with Gasteiger partial charge in [0.2, 0.25) is 0 Å². The Kier molecular flexibility index (Phi) is 6.93. The van der Waals surface area contributed by atoms with Crippen molar-refractivity contribution >= 4 is 13.6 Å². The molecule has 0 spiro atoms. The Morgan fingerprint density at radius 1 is 1.18 bits per heavy atom. The van der Waals surface area contributed by atoms with Crippen LogP contribution in [0.5, 0.6) is 0 Å². The van der Waals surface area contributed by atoms with Crippen LogP contribution in [0.25, 0.3) is 0 Å². The van der Waals surface area contributed by atoms with Crippen LogP contribution in [0.15, 0.2) is 27.6 Å². The molecule has 1 aromatic rings. The number of aliphatic hydroxyl groups is 3. The molecule has 0 radical (unpaired) electrons. The van der Waals surface area contributed by atoms with E-state index in [9.17, 15) is 34.3 Å². The number of urea groups is 1. The van der Waals surface area contributed by atoms with Crippen molar-refractivity contribution in [1.82, 2.24) is 19.4 Å². The summed E-state index contributed by atoms with van der Waals surface area (Å²) in [6, 6.07) is -0.653. The summed E-state index contributed by atoms with van der Waals surface area (Å²) in [5, 5.41) is 31.9. The van der Waals surface area contributed by atoms with Crippen LogP contribution in [-0.2, 0) is 29.5 Å². The van der Waals surface area contributed by atoms with E-state index in [1.807, 2.05) is 0 Å². The molecule has 38 heavy (non-hydrogen) atoms. The summed E-state index contributed by atoms with van der Waals surface area (Å²) < 4.78 is 37.0. The Labute approximate surface area is 216 Å². The molecule has 0 aromatic carbocycles. The third kappa shape index (κ3) is 4.67. The maximum absolute atomic E-state index is 13.3. The van der Waals surface area contributed by atoms with Gasteiger partial charge in [0.25, 0.3) is 5.56 Å². The average Bonchev–Trinajstić information content (AvgIpc) is 3.42. The summed E-state index contributed by atoms with van der Waals surface area (Å²) in [6.45, 7) is 1.99. The lowest BCUT2D eigenvalue weighted by atomic mass is 9.94. The molecule has 0 unspecified atom stereocenters.